The molecule has 1 aliphatic rings. The molecule has 1 saturated carbocycles. The molecule has 0 spiro atoms. The van der Waals surface area contributed by atoms with Gasteiger partial charge in [-0.2, -0.15) is 0 Å². The Morgan fingerprint density at radius 2 is 1.87 bits per heavy atom. The van der Waals surface area contributed by atoms with Gasteiger partial charge in [0.1, 0.15) is 5.69 Å². The summed E-state index contributed by atoms with van der Waals surface area (Å²) in [7, 11) is 0. The van der Waals surface area contributed by atoms with Crippen LogP contribution in [-0.4, -0.2) is 21.8 Å². The third-order valence-corrected chi connectivity index (χ3v) is 4.36. The van der Waals surface area contributed by atoms with Crippen molar-refractivity contribution in [3.63, 3.8) is 0 Å². The standard InChI is InChI=1S/C20H24N2O/c1-14(2)17-9-7-16(8-10-17)13-22(18-11-12-18)20(23)19-6-4-5-15(3)21-19/h4-10,14,18H,11-13H2,1-3H3. The highest BCUT2D eigenvalue weighted by molar-refractivity contribution is 5.92. The van der Waals surface area contributed by atoms with E-state index in [1.165, 1.54) is 11.1 Å². The number of carbonyl (C=O) groups is 1. The van der Waals surface area contributed by atoms with Gasteiger partial charge in [-0.15, -0.1) is 0 Å². The van der Waals surface area contributed by atoms with E-state index in [1.54, 1.807) is 0 Å². The van der Waals surface area contributed by atoms with Crippen molar-refractivity contribution in [1.29, 1.82) is 0 Å². The highest BCUT2D eigenvalue weighted by Gasteiger charge is 2.33. The Morgan fingerprint density at radius 3 is 2.43 bits per heavy atom. The van der Waals surface area contributed by atoms with Gasteiger partial charge in [-0.1, -0.05) is 44.2 Å². The summed E-state index contributed by atoms with van der Waals surface area (Å²) in [6.45, 7) is 6.97. The van der Waals surface area contributed by atoms with Gasteiger partial charge in [-0.25, -0.2) is 4.98 Å². The van der Waals surface area contributed by atoms with Crippen molar-refractivity contribution in [2.24, 2.45) is 0 Å². The van der Waals surface area contributed by atoms with Crippen molar-refractivity contribution in [3.05, 3.63) is 65.0 Å². The minimum absolute atomic E-state index is 0.0455. The van der Waals surface area contributed by atoms with E-state index in [-0.39, 0.29) is 5.91 Å². The van der Waals surface area contributed by atoms with Crippen LogP contribution in [0.15, 0.2) is 42.5 Å². The topological polar surface area (TPSA) is 33.2 Å². The minimum Gasteiger partial charge on any atom is -0.330 e. The van der Waals surface area contributed by atoms with Gasteiger partial charge in [0.25, 0.3) is 5.91 Å². The second-order valence-electron chi connectivity index (χ2n) is 6.72. The SMILES string of the molecule is Cc1cccc(C(=O)N(Cc2ccc(C(C)C)cc2)C2CC2)n1. The minimum atomic E-state index is 0.0455. The van der Waals surface area contributed by atoms with Gasteiger partial charge in [-0.05, 0) is 48.9 Å². The first-order valence-corrected chi connectivity index (χ1v) is 8.38. The maximum absolute atomic E-state index is 12.8. The lowest BCUT2D eigenvalue weighted by atomic mass is 10.0. The van der Waals surface area contributed by atoms with E-state index in [2.05, 4.69) is 43.1 Å². The predicted molar refractivity (Wildman–Crippen MR) is 92.4 cm³/mol. The van der Waals surface area contributed by atoms with Crippen molar-refractivity contribution in [1.82, 2.24) is 9.88 Å². The second-order valence-corrected chi connectivity index (χ2v) is 6.72. The number of nitrogens with zero attached hydrogens (tertiary/aromatic N) is 2. The van der Waals surface area contributed by atoms with E-state index >= 15 is 0 Å². The first-order chi connectivity index (χ1) is 11.0. The summed E-state index contributed by atoms with van der Waals surface area (Å²) in [5.41, 5.74) is 3.95. The van der Waals surface area contributed by atoms with E-state index in [4.69, 9.17) is 0 Å². The molecule has 1 aliphatic carbocycles. The van der Waals surface area contributed by atoms with E-state index in [9.17, 15) is 4.79 Å². The van der Waals surface area contributed by atoms with Crippen molar-refractivity contribution >= 4 is 5.91 Å². The molecule has 1 amide bonds. The van der Waals surface area contributed by atoms with Crippen molar-refractivity contribution in [2.75, 3.05) is 0 Å². The lowest BCUT2D eigenvalue weighted by Gasteiger charge is -2.22. The van der Waals surface area contributed by atoms with Crippen LogP contribution in [0.1, 0.15) is 59.9 Å². The van der Waals surface area contributed by atoms with Gasteiger partial charge in [0.15, 0.2) is 0 Å². The predicted octanol–water partition coefficient (Wildman–Crippen LogP) is 4.32. The Balaban J connectivity index is 1.78. The van der Waals surface area contributed by atoms with Crippen LogP contribution in [0.2, 0.25) is 0 Å². The molecule has 23 heavy (non-hydrogen) atoms. The summed E-state index contributed by atoms with van der Waals surface area (Å²) in [6, 6.07) is 14.6. The summed E-state index contributed by atoms with van der Waals surface area (Å²) in [5.74, 6) is 0.575. The normalized spacial score (nSPS) is 14.1. The molecular weight excluding hydrogens is 284 g/mol. The van der Waals surface area contributed by atoms with Crippen molar-refractivity contribution in [2.45, 2.75) is 52.1 Å². The Labute approximate surface area is 138 Å². The van der Waals surface area contributed by atoms with Crippen LogP contribution >= 0.6 is 0 Å². The fraction of sp³-hybridized carbons (Fsp3) is 0.400. The average Bonchev–Trinajstić information content (AvgIpc) is 3.37. The lowest BCUT2D eigenvalue weighted by Crippen LogP contribution is -2.33. The smallest absolute Gasteiger partial charge is 0.273 e. The number of rotatable bonds is 5. The number of hydrogen-bond acceptors (Lipinski definition) is 2. The third-order valence-electron chi connectivity index (χ3n) is 4.36. The van der Waals surface area contributed by atoms with Gasteiger partial charge < -0.3 is 4.90 Å². The Morgan fingerprint density at radius 1 is 1.17 bits per heavy atom. The molecule has 3 heteroatoms. The summed E-state index contributed by atoms with van der Waals surface area (Å²) in [4.78, 5) is 19.2. The van der Waals surface area contributed by atoms with E-state index in [0.29, 0.717) is 24.2 Å². The molecule has 0 bridgehead atoms. The molecule has 1 heterocycles. The number of aryl methyl sites for hydroxylation is 1. The molecule has 2 aromatic rings. The number of hydrogen-bond donors (Lipinski definition) is 0. The quantitative estimate of drug-likeness (QED) is 0.824. The average molecular weight is 308 g/mol. The molecule has 0 saturated heterocycles. The zero-order valence-corrected chi connectivity index (χ0v) is 14.1. The number of carbonyl (C=O) groups excluding carboxylic acids is 1. The zero-order chi connectivity index (χ0) is 16.4. The van der Waals surface area contributed by atoms with Crippen LogP contribution < -0.4 is 0 Å². The molecular formula is C20H24N2O. The summed E-state index contributed by atoms with van der Waals surface area (Å²) in [6.07, 6.45) is 2.20. The maximum Gasteiger partial charge on any atom is 0.273 e. The Bertz CT molecular complexity index is 687. The van der Waals surface area contributed by atoms with Crippen LogP contribution in [-0.2, 0) is 6.54 Å². The van der Waals surface area contributed by atoms with Gasteiger partial charge in [0.2, 0.25) is 0 Å². The summed E-state index contributed by atoms with van der Waals surface area (Å²) in [5, 5.41) is 0. The van der Waals surface area contributed by atoms with Crippen LogP contribution in [0.5, 0.6) is 0 Å². The molecule has 120 valence electrons. The number of pyridine rings is 1. The fourth-order valence-electron chi connectivity index (χ4n) is 2.77. The summed E-state index contributed by atoms with van der Waals surface area (Å²) < 4.78 is 0. The Hall–Kier alpha value is -2.16. The molecule has 3 rings (SSSR count). The Kier molecular flexibility index (Phi) is 4.46. The van der Waals surface area contributed by atoms with E-state index < -0.39 is 0 Å². The van der Waals surface area contributed by atoms with Crippen LogP contribution in [0.4, 0.5) is 0 Å². The van der Waals surface area contributed by atoms with Gasteiger partial charge >= 0.3 is 0 Å². The molecule has 1 fully saturated rings. The molecule has 1 aromatic heterocycles. The van der Waals surface area contributed by atoms with E-state index in [0.717, 1.165) is 18.5 Å². The lowest BCUT2D eigenvalue weighted by molar-refractivity contribution is 0.0723. The summed E-state index contributed by atoms with van der Waals surface area (Å²) >= 11 is 0. The molecule has 0 unspecified atom stereocenters. The fourth-order valence-corrected chi connectivity index (χ4v) is 2.77. The highest BCUT2D eigenvalue weighted by atomic mass is 16.2. The molecule has 3 nitrogen and oxygen atoms in total. The monoisotopic (exact) mass is 308 g/mol. The van der Waals surface area contributed by atoms with Crippen LogP contribution in [0.25, 0.3) is 0 Å². The van der Waals surface area contributed by atoms with E-state index in [1.807, 2.05) is 30.0 Å². The van der Waals surface area contributed by atoms with Gasteiger partial charge in [0.05, 0.1) is 0 Å². The second kappa shape index (κ2) is 6.53. The molecule has 0 N–H and O–H groups in total. The molecule has 0 aliphatic heterocycles. The zero-order valence-electron chi connectivity index (χ0n) is 14.1. The molecule has 1 aromatic carbocycles. The van der Waals surface area contributed by atoms with Crippen molar-refractivity contribution in [3.8, 4) is 0 Å². The first-order valence-electron chi connectivity index (χ1n) is 8.38. The largest absolute Gasteiger partial charge is 0.330 e. The first kappa shape index (κ1) is 15.7. The van der Waals surface area contributed by atoms with Crippen LogP contribution in [0.3, 0.4) is 0 Å². The third kappa shape index (κ3) is 3.79. The van der Waals surface area contributed by atoms with Gasteiger partial charge in [-0.3, -0.25) is 4.79 Å². The maximum atomic E-state index is 12.8. The van der Waals surface area contributed by atoms with Gasteiger partial charge in [0, 0.05) is 18.3 Å². The number of benzene rings is 1. The van der Waals surface area contributed by atoms with Crippen LogP contribution in [0, 0.1) is 6.92 Å². The molecule has 0 radical (unpaired) electrons. The highest BCUT2D eigenvalue weighted by Crippen LogP contribution is 2.30. The molecule has 0 atom stereocenters. The van der Waals surface area contributed by atoms with Crippen molar-refractivity contribution < 1.29 is 4.79 Å². The number of aromatic nitrogens is 1. The number of amides is 1.